The molecule has 1 amide bonds. The standard InChI is InChI=1S/C31H25ClFNO5/c32-17-16-28(30(36)21-8-10-23(33)11-9-21)39-31(37)22-18-29(35)34(19-22)24-12-14-25(15-13-24)38-27-7-3-5-20-4-1-2-6-26(20)27/h1-15,22,28H,16-19H2/t22-,28-/m1/s1. The molecule has 5 rings (SSSR count). The number of carbonyl (C=O) groups excluding carboxylic acids is 3. The van der Waals surface area contributed by atoms with Crippen molar-refractivity contribution in [2.24, 2.45) is 5.92 Å². The minimum absolute atomic E-state index is 0.0363. The zero-order valence-electron chi connectivity index (χ0n) is 20.9. The number of nitrogens with zero attached hydrogens (tertiary/aromatic N) is 1. The van der Waals surface area contributed by atoms with Gasteiger partial charge < -0.3 is 14.4 Å². The van der Waals surface area contributed by atoms with Gasteiger partial charge in [0.15, 0.2) is 6.10 Å². The summed E-state index contributed by atoms with van der Waals surface area (Å²) in [7, 11) is 0. The highest BCUT2D eigenvalue weighted by Crippen LogP contribution is 2.32. The number of esters is 1. The van der Waals surface area contributed by atoms with Crippen molar-refractivity contribution in [1.82, 2.24) is 0 Å². The molecule has 198 valence electrons. The first-order valence-electron chi connectivity index (χ1n) is 12.5. The molecule has 4 aromatic rings. The third kappa shape index (κ3) is 5.94. The summed E-state index contributed by atoms with van der Waals surface area (Å²) in [6, 6.07) is 25.8. The fraction of sp³-hybridized carbons (Fsp3) is 0.194. The molecule has 1 fully saturated rings. The summed E-state index contributed by atoms with van der Waals surface area (Å²) >= 11 is 5.84. The number of ether oxygens (including phenoxy) is 2. The van der Waals surface area contributed by atoms with E-state index in [0.29, 0.717) is 11.4 Å². The van der Waals surface area contributed by atoms with Gasteiger partial charge in [-0.25, -0.2) is 4.39 Å². The van der Waals surface area contributed by atoms with Gasteiger partial charge in [-0.2, -0.15) is 0 Å². The van der Waals surface area contributed by atoms with Gasteiger partial charge in [-0.1, -0.05) is 36.4 Å². The van der Waals surface area contributed by atoms with E-state index in [9.17, 15) is 18.8 Å². The number of rotatable bonds is 9. The summed E-state index contributed by atoms with van der Waals surface area (Å²) < 4.78 is 24.8. The molecule has 2 atom stereocenters. The first kappa shape index (κ1) is 26.4. The van der Waals surface area contributed by atoms with Gasteiger partial charge in [0, 0.05) is 41.9 Å². The van der Waals surface area contributed by atoms with E-state index in [-0.39, 0.29) is 36.7 Å². The van der Waals surface area contributed by atoms with Crippen molar-refractivity contribution >= 4 is 45.7 Å². The van der Waals surface area contributed by atoms with Gasteiger partial charge in [0.1, 0.15) is 17.3 Å². The Hall–Kier alpha value is -4.23. The summed E-state index contributed by atoms with van der Waals surface area (Å²) in [5, 5.41) is 2.06. The quantitative estimate of drug-likeness (QED) is 0.135. The Labute approximate surface area is 229 Å². The Balaban J connectivity index is 1.24. The Morgan fingerprint density at radius 1 is 0.949 bits per heavy atom. The Morgan fingerprint density at radius 2 is 1.67 bits per heavy atom. The molecule has 8 heteroatoms. The average Bonchev–Trinajstić information content (AvgIpc) is 3.35. The van der Waals surface area contributed by atoms with Gasteiger partial charge in [0.2, 0.25) is 11.7 Å². The van der Waals surface area contributed by atoms with E-state index in [1.807, 2.05) is 42.5 Å². The van der Waals surface area contributed by atoms with Crippen LogP contribution in [-0.2, 0) is 14.3 Å². The van der Waals surface area contributed by atoms with Gasteiger partial charge in [-0.3, -0.25) is 14.4 Å². The molecular formula is C31H25ClFNO5. The normalized spacial score (nSPS) is 15.8. The molecule has 1 aliphatic heterocycles. The van der Waals surface area contributed by atoms with Crippen LogP contribution in [0.2, 0.25) is 0 Å². The maximum Gasteiger partial charge on any atom is 0.312 e. The Kier molecular flexibility index (Phi) is 7.89. The van der Waals surface area contributed by atoms with Gasteiger partial charge in [-0.15, -0.1) is 11.6 Å². The molecule has 6 nitrogen and oxygen atoms in total. The number of amides is 1. The summed E-state index contributed by atoms with van der Waals surface area (Å²) in [5.74, 6) is -1.12. The molecule has 0 aromatic heterocycles. The van der Waals surface area contributed by atoms with Crippen LogP contribution in [0.15, 0.2) is 91.0 Å². The van der Waals surface area contributed by atoms with Crippen LogP contribution < -0.4 is 9.64 Å². The fourth-order valence-electron chi connectivity index (χ4n) is 4.60. The average molecular weight is 546 g/mol. The minimum atomic E-state index is -1.12. The lowest BCUT2D eigenvalue weighted by atomic mass is 10.0. The molecule has 0 aliphatic carbocycles. The van der Waals surface area contributed by atoms with Crippen LogP contribution in [-0.4, -0.2) is 36.2 Å². The molecule has 0 unspecified atom stereocenters. The smallest absolute Gasteiger partial charge is 0.312 e. The topological polar surface area (TPSA) is 72.9 Å². The molecule has 0 N–H and O–H groups in total. The van der Waals surface area contributed by atoms with Crippen LogP contribution in [0.1, 0.15) is 23.2 Å². The lowest BCUT2D eigenvalue weighted by Crippen LogP contribution is -2.32. The summed E-state index contributed by atoms with van der Waals surface area (Å²) in [6.45, 7) is 0.125. The second kappa shape index (κ2) is 11.7. The van der Waals surface area contributed by atoms with Gasteiger partial charge in [0.05, 0.1) is 5.92 Å². The van der Waals surface area contributed by atoms with Gasteiger partial charge in [0.25, 0.3) is 0 Å². The highest BCUT2D eigenvalue weighted by molar-refractivity contribution is 6.18. The monoisotopic (exact) mass is 545 g/mol. The van der Waals surface area contributed by atoms with E-state index in [0.717, 1.165) is 16.5 Å². The molecule has 0 saturated carbocycles. The van der Waals surface area contributed by atoms with Crippen LogP contribution in [0.25, 0.3) is 10.8 Å². The molecule has 4 aromatic carbocycles. The van der Waals surface area contributed by atoms with E-state index < -0.39 is 29.6 Å². The third-order valence-electron chi connectivity index (χ3n) is 6.64. The van der Waals surface area contributed by atoms with Crippen molar-refractivity contribution in [3.05, 3.63) is 102 Å². The van der Waals surface area contributed by atoms with Crippen molar-refractivity contribution in [3.63, 3.8) is 0 Å². The van der Waals surface area contributed by atoms with Crippen molar-refractivity contribution in [1.29, 1.82) is 0 Å². The minimum Gasteiger partial charge on any atom is -0.457 e. The van der Waals surface area contributed by atoms with Crippen molar-refractivity contribution < 1.29 is 28.2 Å². The maximum absolute atomic E-state index is 13.2. The van der Waals surface area contributed by atoms with E-state index >= 15 is 0 Å². The lowest BCUT2D eigenvalue weighted by molar-refractivity contribution is -0.151. The number of alkyl halides is 1. The second-order valence-corrected chi connectivity index (χ2v) is 9.63. The number of anilines is 1. The van der Waals surface area contributed by atoms with Crippen LogP contribution >= 0.6 is 11.6 Å². The van der Waals surface area contributed by atoms with Gasteiger partial charge >= 0.3 is 5.97 Å². The van der Waals surface area contributed by atoms with Crippen LogP contribution in [0.4, 0.5) is 10.1 Å². The van der Waals surface area contributed by atoms with Crippen molar-refractivity contribution in [2.45, 2.75) is 18.9 Å². The van der Waals surface area contributed by atoms with E-state index in [4.69, 9.17) is 21.1 Å². The molecule has 1 saturated heterocycles. The van der Waals surface area contributed by atoms with Crippen LogP contribution in [0, 0.1) is 11.7 Å². The first-order valence-corrected chi connectivity index (χ1v) is 13.1. The number of hydrogen-bond donors (Lipinski definition) is 0. The zero-order valence-corrected chi connectivity index (χ0v) is 21.6. The number of halogens is 2. The summed E-state index contributed by atoms with van der Waals surface area (Å²) in [5.41, 5.74) is 0.842. The van der Waals surface area contributed by atoms with Crippen LogP contribution in [0.5, 0.6) is 11.5 Å². The molecule has 1 heterocycles. The number of hydrogen-bond acceptors (Lipinski definition) is 5. The SMILES string of the molecule is O=C(O[C@H](CCCl)C(=O)c1ccc(F)cc1)[C@@H]1CC(=O)N(c2ccc(Oc3cccc4ccccc34)cc2)C1. The molecule has 0 spiro atoms. The predicted octanol–water partition coefficient (Wildman–Crippen LogP) is 6.55. The predicted molar refractivity (Wildman–Crippen MR) is 147 cm³/mol. The number of carbonyl (C=O) groups is 3. The molecule has 0 bridgehead atoms. The maximum atomic E-state index is 13.2. The molecule has 39 heavy (non-hydrogen) atoms. The lowest BCUT2D eigenvalue weighted by Gasteiger charge is -2.19. The molecule has 1 aliphatic rings. The second-order valence-electron chi connectivity index (χ2n) is 9.25. The highest BCUT2D eigenvalue weighted by Gasteiger charge is 2.38. The number of fused-ring (bicyclic) bond motifs is 1. The molecular weight excluding hydrogens is 521 g/mol. The Bertz CT molecular complexity index is 1500. The van der Waals surface area contributed by atoms with E-state index in [1.165, 1.54) is 29.2 Å². The van der Waals surface area contributed by atoms with Crippen molar-refractivity contribution in [2.75, 3.05) is 17.3 Å². The highest BCUT2D eigenvalue weighted by atomic mass is 35.5. The fourth-order valence-corrected chi connectivity index (χ4v) is 4.80. The Morgan fingerprint density at radius 3 is 2.41 bits per heavy atom. The number of benzene rings is 4. The van der Waals surface area contributed by atoms with Gasteiger partial charge in [-0.05, 0) is 60.0 Å². The van der Waals surface area contributed by atoms with E-state index in [2.05, 4.69) is 0 Å². The van der Waals surface area contributed by atoms with Crippen molar-refractivity contribution in [3.8, 4) is 11.5 Å². The van der Waals surface area contributed by atoms with E-state index in [1.54, 1.807) is 24.3 Å². The summed E-state index contributed by atoms with van der Waals surface area (Å²) in [6.07, 6.45) is -1.05. The largest absolute Gasteiger partial charge is 0.457 e. The third-order valence-corrected chi connectivity index (χ3v) is 6.85. The van der Waals surface area contributed by atoms with Crippen LogP contribution in [0.3, 0.4) is 0 Å². The number of ketones is 1. The molecule has 0 radical (unpaired) electrons. The zero-order chi connectivity index (χ0) is 27.4. The number of Topliss-reactive ketones (excluding diaryl/α,β-unsaturated/α-hetero) is 1. The summed E-state index contributed by atoms with van der Waals surface area (Å²) in [4.78, 5) is 40.1. The first-order chi connectivity index (χ1) is 18.9.